The molecule has 2 aromatic heterocycles. The maximum Gasteiger partial charge on any atom is 0.407 e. The van der Waals surface area contributed by atoms with E-state index < -0.39 is 0 Å². The van der Waals surface area contributed by atoms with E-state index in [4.69, 9.17) is 9.26 Å². The van der Waals surface area contributed by atoms with Gasteiger partial charge in [-0.15, -0.1) is 0 Å². The summed E-state index contributed by atoms with van der Waals surface area (Å²) < 4.78 is 12.8. The first-order valence-electron chi connectivity index (χ1n) is 11.3. The van der Waals surface area contributed by atoms with Crippen molar-refractivity contribution >= 4 is 17.0 Å². The fraction of sp³-hybridized carbons (Fsp3) is 0.360. The molecule has 0 bridgehead atoms. The van der Waals surface area contributed by atoms with Crippen LogP contribution in [0.1, 0.15) is 48.7 Å². The Hall–Kier alpha value is -3.68. The third-order valence-corrected chi connectivity index (χ3v) is 6.35. The van der Waals surface area contributed by atoms with Gasteiger partial charge < -0.3 is 14.6 Å². The van der Waals surface area contributed by atoms with Crippen molar-refractivity contribution in [1.29, 1.82) is 0 Å². The maximum atomic E-state index is 12.1. The molecule has 1 saturated carbocycles. The first kappa shape index (κ1) is 21.2. The van der Waals surface area contributed by atoms with Gasteiger partial charge in [0.25, 0.3) is 0 Å². The molecule has 33 heavy (non-hydrogen) atoms. The number of fused-ring (bicyclic) bond motifs is 1. The Morgan fingerprint density at radius 3 is 2.73 bits per heavy atom. The van der Waals surface area contributed by atoms with E-state index in [2.05, 4.69) is 26.6 Å². The van der Waals surface area contributed by atoms with Crippen LogP contribution < -0.4 is 5.32 Å². The number of rotatable bonds is 5. The van der Waals surface area contributed by atoms with Crippen LogP contribution in [-0.2, 0) is 18.4 Å². The lowest BCUT2D eigenvalue weighted by molar-refractivity contribution is 0.132. The Balaban J connectivity index is 1.16. The minimum Gasteiger partial charge on any atom is -0.445 e. The predicted octanol–water partition coefficient (Wildman–Crippen LogP) is 4.88. The van der Waals surface area contributed by atoms with Crippen LogP contribution in [0.3, 0.4) is 0 Å². The molecule has 0 spiro atoms. The molecule has 5 rings (SSSR count). The number of benzene rings is 2. The Labute approximate surface area is 191 Å². The van der Waals surface area contributed by atoms with Gasteiger partial charge in [0.05, 0.1) is 11.2 Å². The number of carbonyl (C=O) groups is 1. The fourth-order valence-corrected chi connectivity index (χ4v) is 4.51. The smallest absolute Gasteiger partial charge is 0.407 e. The highest BCUT2D eigenvalue weighted by molar-refractivity contribution is 5.85. The summed E-state index contributed by atoms with van der Waals surface area (Å²) >= 11 is 0. The second-order valence-corrected chi connectivity index (χ2v) is 8.65. The lowest BCUT2D eigenvalue weighted by Crippen LogP contribution is -2.37. The second-order valence-electron chi connectivity index (χ2n) is 8.65. The number of aryl methyl sites for hydroxylation is 2. The lowest BCUT2D eigenvalue weighted by Gasteiger charge is -2.26. The zero-order valence-electron chi connectivity index (χ0n) is 18.8. The van der Waals surface area contributed by atoms with Gasteiger partial charge in [-0.25, -0.2) is 4.79 Å². The largest absolute Gasteiger partial charge is 0.445 e. The molecule has 0 unspecified atom stereocenters. The molecular formula is C25H27N5O3. The first-order chi connectivity index (χ1) is 16.1. The lowest BCUT2D eigenvalue weighted by atomic mass is 9.86. The second kappa shape index (κ2) is 9.05. The van der Waals surface area contributed by atoms with Crippen molar-refractivity contribution in [2.45, 2.75) is 51.2 Å². The van der Waals surface area contributed by atoms with Crippen molar-refractivity contribution < 1.29 is 14.1 Å². The summed E-state index contributed by atoms with van der Waals surface area (Å²) in [4.78, 5) is 16.8. The van der Waals surface area contributed by atoms with E-state index in [1.54, 1.807) is 0 Å². The predicted molar refractivity (Wildman–Crippen MR) is 124 cm³/mol. The highest BCUT2D eigenvalue weighted by atomic mass is 16.5. The molecule has 1 amide bonds. The van der Waals surface area contributed by atoms with Gasteiger partial charge in [-0.3, -0.25) is 4.68 Å². The third kappa shape index (κ3) is 4.60. The number of aromatic nitrogens is 4. The molecule has 0 saturated heterocycles. The Morgan fingerprint density at radius 1 is 1.15 bits per heavy atom. The summed E-state index contributed by atoms with van der Waals surface area (Å²) in [6, 6.07) is 15.9. The molecule has 2 aromatic carbocycles. The van der Waals surface area contributed by atoms with E-state index >= 15 is 0 Å². The van der Waals surface area contributed by atoms with Crippen LogP contribution in [0, 0.1) is 6.92 Å². The normalized spacial score (nSPS) is 18.4. The zero-order chi connectivity index (χ0) is 22.8. The molecule has 2 heterocycles. The standard InChI is InChI=1S/C25H27N5O3/c1-16-21-13-10-19(14-22(21)30(2)28-16)23-27-24(33-29-23)18-8-11-20(12-9-18)26-25(31)32-15-17-6-4-3-5-7-17/h3-7,10,13-14,18,20H,8-9,11-12,15H2,1-2H3,(H,26,31)/t18-,20-. The topological polar surface area (TPSA) is 95.1 Å². The number of hydrogen-bond acceptors (Lipinski definition) is 6. The SMILES string of the molecule is Cc1nn(C)c2cc(-c3noc([C@H]4CC[C@H](NC(=O)OCc5ccccc5)CC4)n3)ccc12. The van der Waals surface area contributed by atoms with Gasteiger partial charge in [-0.05, 0) is 44.2 Å². The fourth-order valence-electron chi connectivity index (χ4n) is 4.51. The van der Waals surface area contributed by atoms with Gasteiger partial charge in [-0.2, -0.15) is 10.1 Å². The van der Waals surface area contributed by atoms with Crippen LogP contribution in [0.25, 0.3) is 22.3 Å². The third-order valence-electron chi connectivity index (χ3n) is 6.35. The molecule has 1 aliphatic rings. The molecule has 1 fully saturated rings. The molecule has 8 nitrogen and oxygen atoms in total. The quantitative estimate of drug-likeness (QED) is 0.470. The van der Waals surface area contributed by atoms with Crippen LogP contribution in [0.2, 0.25) is 0 Å². The highest BCUT2D eigenvalue weighted by Crippen LogP contribution is 2.33. The number of nitrogens with zero attached hydrogens (tertiary/aromatic N) is 4. The van der Waals surface area contributed by atoms with E-state index in [0.29, 0.717) is 11.7 Å². The minimum absolute atomic E-state index is 0.0994. The molecule has 1 aliphatic carbocycles. The number of carbonyl (C=O) groups excluding carboxylic acids is 1. The van der Waals surface area contributed by atoms with Crippen molar-refractivity contribution in [3.05, 3.63) is 65.7 Å². The maximum absolute atomic E-state index is 12.1. The van der Waals surface area contributed by atoms with Crippen molar-refractivity contribution in [2.75, 3.05) is 0 Å². The van der Waals surface area contributed by atoms with Gasteiger partial charge in [0.2, 0.25) is 11.7 Å². The van der Waals surface area contributed by atoms with Gasteiger partial charge in [0, 0.05) is 30.0 Å². The first-order valence-corrected chi connectivity index (χ1v) is 11.3. The molecular weight excluding hydrogens is 418 g/mol. The van der Waals surface area contributed by atoms with Crippen molar-refractivity contribution in [3.8, 4) is 11.4 Å². The minimum atomic E-state index is -0.372. The number of alkyl carbamates (subject to hydrolysis) is 1. The summed E-state index contributed by atoms with van der Waals surface area (Å²) in [6.07, 6.45) is 3.09. The van der Waals surface area contributed by atoms with Gasteiger partial charge >= 0.3 is 6.09 Å². The summed E-state index contributed by atoms with van der Waals surface area (Å²) in [5.41, 5.74) is 3.93. The van der Waals surface area contributed by atoms with Crippen LogP contribution in [-0.4, -0.2) is 32.1 Å². The highest BCUT2D eigenvalue weighted by Gasteiger charge is 2.28. The number of ether oxygens (including phenoxy) is 1. The van der Waals surface area contributed by atoms with Crippen molar-refractivity contribution in [3.63, 3.8) is 0 Å². The number of amides is 1. The number of hydrogen-bond donors (Lipinski definition) is 1. The summed E-state index contributed by atoms with van der Waals surface area (Å²) in [5, 5.41) is 12.8. The molecule has 4 aromatic rings. The van der Waals surface area contributed by atoms with E-state index in [-0.39, 0.29) is 24.7 Å². The molecule has 0 aliphatic heterocycles. The van der Waals surface area contributed by atoms with Crippen molar-refractivity contribution in [1.82, 2.24) is 25.2 Å². The summed E-state index contributed by atoms with van der Waals surface area (Å²) in [7, 11) is 1.94. The Kier molecular flexibility index (Phi) is 5.81. The molecule has 0 radical (unpaired) electrons. The van der Waals surface area contributed by atoms with Gasteiger partial charge in [-0.1, -0.05) is 47.6 Å². The van der Waals surface area contributed by atoms with Gasteiger partial charge in [0.15, 0.2) is 0 Å². The van der Waals surface area contributed by atoms with Crippen LogP contribution >= 0.6 is 0 Å². The van der Waals surface area contributed by atoms with Crippen LogP contribution in [0.4, 0.5) is 4.79 Å². The van der Waals surface area contributed by atoms with Crippen LogP contribution in [0.5, 0.6) is 0 Å². The molecule has 1 N–H and O–H groups in total. The van der Waals surface area contributed by atoms with E-state index in [0.717, 1.165) is 53.4 Å². The Bertz CT molecular complexity index is 1260. The molecule has 8 heteroatoms. The van der Waals surface area contributed by atoms with Gasteiger partial charge in [0.1, 0.15) is 6.61 Å². The van der Waals surface area contributed by atoms with Crippen LogP contribution in [0.15, 0.2) is 53.1 Å². The van der Waals surface area contributed by atoms with E-state index in [1.807, 2.05) is 61.1 Å². The summed E-state index contributed by atoms with van der Waals surface area (Å²) in [6.45, 7) is 2.28. The zero-order valence-corrected chi connectivity index (χ0v) is 18.8. The molecule has 0 atom stereocenters. The average Bonchev–Trinajstić information content (AvgIpc) is 3.44. The Morgan fingerprint density at radius 2 is 1.94 bits per heavy atom. The average molecular weight is 446 g/mol. The van der Waals surface area contributed by atoms with E-state index in [1.165, 1.54) is 0 Å². The number of nitrogens with one attached hydrogen (secondary N) is 1. The molecule has 170 valence electrons. The summed E-state index contributed by atoms with van der Waals surface area (Å²) in [5.74, 6) is 1.46. The monoisotopic (exact) mass is 445 g/mol. The van der Waals surface area contributed by atoms with E-state index in [9.17, 15) is 4.79 Å². The van der Waals surface area contributed by atoms with Crippen molar-refractivity contribution in [2.24, 2.45) is 7.05 Å².